The molecule has 6 aromatic carbocycles. The van der Waals surface area contributed by atoms with Crippen molar-refractivity contribution >= 4 is 137 Å². The molecule has 0 heterocycles. The third-order valence-electron chi connectivity index (χ3n) is 8.18. The van der Waals surface area contributed by atoms with Gasteiger partial charge in [0.2, 0.25) is 0 Å². The number of rotatable bonds is 10. The molecule has 0 spiro atoms. The normalized spacial score (nSPS) is 11.9. The SMILES string of the molecule is COc1cc(-c2ccc(N=Nc3c(S(=O)(=O)O)cc4cc(S(=O)(=O)O)cc(N)c4c3O)c(OC)c2)ccc1N=Nc1cc(S(=O)(=O)O)c2ccccc2c1O.[Li].[Li].[Li]. The number of azo groups is 2. The number of hydrogen-bond acceptors (Lipinski definition) is 15. The molecular weight excluding hydrogens is 803 g/mol. The summed E-state index contributed by atoms with van der Waals surface area (Å²) >= 11 is 0. The Bertz CT molecular complexity index is 2990. The minimum atomic E-state index is -5.09. The van der Waals surface area contributed by atoms with Gasteiger partial charge < -0.3 is 25.4 Å². The van der Waals surface area contributed by atoms with Gasteiger partial charge in [-0.15, -0.1) is 20.5 Å². The molecule has 0 amide bonds. The molecule has 287 valence electrons. The fraction of sp³-hybridized carbons (Fsp3) is 0.0588. The number of nitrogens with zero attached hydrogens (tertiary/aromatic N) is 4. The van der Waals surface area contributed by atoms with Crippen LogP contribution in [0.15, 0.2) is 120 Å². The number of phenols is 2. The van der Waals surface area contributed by atoms with Crippen LogP contribution >= 0.6 is 0 Å². The molecule has 3 radical (unpaired) electrons. The first kappa shape index (κ1) is 47.9. The van der Waals surface area contributed by atoms with Gasteiger partial charge in [0, 0.05) is 78.4 Å². The Balaban J connectivity index is 0.00000300. The molecule has 0 aliphatic carbocycles. The number of benzene rings is 6. The van der Waals surface area contributed by atoms with Crippen LogP contribution in [-0.2, 0) is 30.4 Å². The zero-order valence-electron chi connectivity index (χ0n) is 31.2. The minimum absolute atomic E-state index is 0. The number of aromatic hydroxyl groups is 2. The third kappa shape index (κ3) is 9.70. The molecule has 0 unspecified atom stereocenters. The Kier molecular flexibility index (Phi) is 15.1. The zero-order chi connectivity index (χ0) is 40.0. The van der Waals surface area contributed by atoms with E-state index in [1.807, 2.05) is 0 Å². The van der Waals surface area contributed by atoms with E-state index in [0.29, 0.717) is 11.1 Å². The van der Waals surface area contributed by atoms with Gasteiger partial charge in [-0.25, -0.2) is 0 Å². The quantitative estimate of drug-likeness (QED) is 0.0394. The molecule has 18 nitrogen and oxygen atoms in total. The van der Waals surface area contributed by atoms with Crippen molar-refractivity contribution in [1.29, 1.82) is 0 Å². The number of fused-ring (bicyclic) bond motifs is 2. The molecule has 0 fully saturated rings. The van der Waals surface area contributed by atoms with Gasteiger partial charge >= 0.3 is 0 Å². The summed E-state index contributed by atoms with van der Waals surface area (Å²) in [5.41, 5.74) is 5.95. The summed E-state index contributed by atoms with van der Waals surface area (Å²) in [6.45, 7) is 0. The van der Waals surface area contributed by atoms with Crippen molar-refractivity contribution in [2.45, 2.75) is 14.7 Å². The number of methoxy groups -OCH3 is 2. The van der Waals surface area contributed by atoms with Crippen molar-refractivity contribution in [1.82, 2.24) is 0 Å². The maximum atomic E-state index is 12.3. The van der Waals surface area contributed by atoms with Gasteiger partial charge in [-0.2, -0.15) is 25.3 Å². The van der Waals surface area contributed by atoms with E-state index in [9.17, 15) is 49.1 Å². The third-order valence-corrected chi connectivity index (χ3v) is 10.8. The van der Waals surface area contributed by atoms with E-state index in [1.54, 1.807) is 36.4 Å². The maximum absolute atomic E-state index is 12.3. The van der Waals surface area contributed by atoms with Crippen molar-refractivity contribution in [2.75, 3.05) is 20.0 Å². The summed E-state index contributed by atoms with van der Waals surface area (Å²) in [5, 5.41) is 37.6. The number of hydrogen-bond donors (Lipinski definition) is 6. The summed E-state index contributed by atoms with van der Waals surface area (Å²) in [5.74, 6) is -0.888. The van der Waals surface area contributed by atoms with Crippen molar-refractivity contribution in [2.24, 2.45) is 20.5 Å². The molecule has 58 heavy (non-hydrogen) atoms. The van der Waals surface area contributed by atoms with Gasteiger partial charge in [0.15, 0.2) is 11.5 Å². The summed E-state index contributed by atoms with van der Waals surface area (Å²) in [6, 6.07) is 18.8. The van der Waals surface area contributed by atoms with E-state index in [4.69, 9.17) is 15.2 Å². The molecule has 6 aromatic rings. The molecule has 0 aliphatic heterocycles. The van der Waals surface area contributed by atoms with Gasteiger partial charge in [-0.3, -0.25) is 13.7 Å². The van der Waals surface area contributed by atoms with E-state index >= 15 is 0 Å². The Morgan fingerprint density at radius 1 is 0.552 bits per heavy atom. The standard InChI is InChI=1S/C34H27N5O13S3.3Li/c1-51-27-12-17(7-9-24(27)36-38-26-16-29(54(45,46)47)21-5-3-4-6-22(21)33(26)40)18-8-10-25(28(13-18)52-2)37-39-32-30(55(48,49)50)14-19-11-20(53(42,43)44)15-23(35)31(19)34(32)41;;;/h3-16,40-41H,35H2,1-2H3,(H,42,43,44)(H,45,46,47)(H,48,49,50);;;. The van der Waals surface area contributed by atoms with Crippen LogP contribution < -0.4 is 15.2 Å². The Labute approximate surface area is 367 Å². The van der Waals surface area contributed by atoms with Crippen LogP contribution in [0.4, 0.5) is 28.4 Å². The van der Waals surface area contributed by atoms with Crippen LogP contribution in [0.5, 0.6) is 23.0 Å². The van der Waals surface area contributed by atoms with Crippen molar-refractivity contribution in [3.63, 3.8) is 0 Å². The summed E-state index contributed by atoms with van der Waals surface area (Å²) in [7, 11) is -11.9. The minimum Gasteiger partial charge on any atom is -0.505 e. The van der Waals surface area contributed by atoms with E-state index in [-0.39, 0.29) is 118 Å². The molecule has 0 atom stereocenters. The zero-order valence-corrected chi connectivity index (χ0v) is 33.6. The smallest absolute Gasteiger partial charge is 0.296 e. The van der Waals surface area contributed by atoms with Gasteiger partial charge in [-0.05, 0) is 65.0 Å². The summed E-state index contributed by atoms with van der Waals surface area (Å²) in [6.07, 6.45) is 0. The fourth-order valence-electron chi connectivity index (χ4n) is 5.63. The molecule has 24 heteroatoms. The van der Waals surface area contributed by atoms with E-state index in [2.05, 4.69) is 20.5 Å². The fourth-order valence-corrected chi connectivity index (χ4v) is 7.55. The van der Waals surface area contributed by atoms with Crippen LogP contribution in [0.3, 0.4) is 0 Å². The molecule has 0 aromatic heterocycles. The molecule has 0 saturated carbocycles. The second kappa shape index (κ2) is 18.2. The first-order valence-corrected chi connectivity index (χ1v) is 19.6. The monoisotopic (exact) mass is 830 g/mol. The molecule has 6 rings (SSSR count). The molecule has 0 saturated heterocycles. The van der Waals surface area contributed by atoms with Gasteiger partial charge in [0.1, 0.15) is 44.0 Å². The second-order valence-electron chi connectivity index (χ2n) is 11.6. The first-order chi connectivity index (χ1) is 25.8. The van der Waals surface area contributed by atoms with Crippen LogP contribution in [0, 0.1) is 0 Å². The second-order valence-corrected chi connectivity index (χ2v) is 15.8. The molecule has 7 N–H and O–H groups in total. The van der Waals surface area contributed by atoms with Gasteiger partial charge in [-0.1, -0.05) is 36.4 Å². The van der Waals surface area contributed by atoms with Crippen molar-refractivity contribution < 1.29 is 58.6 Å². The molecule has 0 bridgehead atoms. The van der Waals surface area contributed by atoms with E-state index in [0.717, 1.165) is 24.3 Å². The maximum Gasteiger partial charge on any atom is 0.296 e. The van der Waals surface area contributed by atoms with Crippen LogP contribution in [0.2, 0.25) is 0 Å². The van der Waals surface area contributed by atoms with Crippen molar-refractivity contribution in [3.05, 3.63) is 84.9 Å². The van der Waals surface area contributed by atoms with Crippen LogP contribution in [0.25, 0.3) is 32.7 Å². The summed E-state index contributed by atoms with van der Waals surface area (Å²) < 4.78 is 112. The Morgan fingerprint density at radius 3 is 1.55 bits per heavy atom. The number of nitrogen functional groups attached to an aromatic ring is 1. The van der Waals surface area contributed by atoms with Crippen LogP contribution in [-0.4, -0.2) is 120 Å². The Morgan fingerprint density at radius 2 is 1.05 bits per heavy atom. The van der Waals surface area contributed by atoms with E-state index < -0.39 is 56.5 Å². The number of phenolic OH excluding ortho intramolecular Hbond substituents is 2. The van der Waals surface area contributed by atoms with Gasteiger partial charge in [0.25, 0.3) is 30.4 Å². The van der Waals surface area contributed by atoms with E-state index in [1.165, 1.54) is 38.5 Å². The molecule has 0 aliphatic rings. The van der Waals surface area contributed by atoms with Crippen LogP contribution in [0.1, 0.15) is 0 Å². The number of anilines is 1. The average Bonchev–Trinajstić information content (AvgIpc) is 3.12. The largest absolute Gasteiger partial charge is 0.505 e. The Hall–Kier alpha value is -4.44. The summed E-state index contributed by atoms with van der Waals surface area (Å²) in [4.78, 5) is -2.10. The molecular formula is C34H27Li3N5O13S3. The first-order valence-electron chi connectivity index (χ1n) is 15.3. The van der Waals surface area contributed by atoms with Crippen molar-refractivity contribution in [3.8, 4) is 34.1 Å². The number of nitrogens with two attached hydrogens (primary N) is 1. The predicted molar refractivity (Wildman–Crippen MR) is 216 cm³/mol. The number of ether oxygens (including phenoxy) is 2. The average molecular weight is 831 g/mol. The topological polar surface area (TPSA) is 297 Å². The predicted octanol–water partition coefficient (Wildman–Crippen LogP) is 6.10. The van der Waals surface area contributed by atoms with Gasteiger partial charge in [0.05, 0.1) is 19.1 Å².